The summed E-state index contributed by atoms with van der Waals surface area (Å²) < 4.78 is 4.61. The molecule has 0 aliphatic heterocycles. The Morgan fingerprint density at radius 3 is 2.14 bits per heavy atom. The van der Waals surface area contributed by atoms with Gasteiger partial charge in [0.1, 0.15) is 6.04 Å². The molecule has 106 valence electrons. The Kier molecular flexibility index (Phi) is 4.70. The van der Waals surface area contributed by atoms with E-state index in [1.165, 1.54) is 7.11 Å². The predicted molar refractivity (Wildman–Crippen MR) is 80.3 cm³/mol. The highest BCUT2D eigenvalue weighted by Crippen LogP contribution is 2.20. The fourth-order valence-corrected chi connectivity index (χ4v) is 2.06. The van der Waals surface area contributed by atoms with Gasteiger partial charge < -0.3 is 10.5 Å². The first kappa shape index (κ1) is 14.8. The highest BCUT2D eigenvalue weighted by Gasteiger charge is 2.13. The highest BCUT2D eigenvalue weighted by molar-refractivity contribution is 5.75. The van der Waals surface area contributed by atoms with Crippen LogP contribution in [-0.2, 0) is 16.0 Å². The van der Waals surface area contributed by atoms with E-state index >= 15 is 0 Å². The molecule has 4 nitrogen and oxygen atoms in total. The fraction of sp³-hybridized carbons (Fsp3) is 0.176. The van der Waals surface area contributed by atoms with E-state index in [2.05, 4.69) is 10.8 Å². The van der Waals surface area contributed by atoms with E-state index in [1.807, 2.05) is 36.4 Å². The molecule has 0 aromatic heterocycles. The minimum Gasteiger partial charge on any atom is -0.468 e. The van der Waals surface area contributed by atoms with Crippen molar-refractivity contribution in [2.24, 2.45) is 5.73 Å². The topological polar surface area (TPSA) is 76.1 Å². The van der Waals surface area contributed by atoms with Gasteiger partial charge in [0.15, 0.2) is 0 Å². The monoisotopic (exact) mass is 280 g/mol. The van der Waals surface area contributed by atoms with Crippen LogP contribution >= 0.6 is 0 Å². The van der Waals surface area contributed by atoms with Gasteiger partial charge in [-0.15, -0.1) is 0 Å². The van der Waals surface area contributed by atoms with Crippen LogP contribution in [-0.4, -0.2) is 19.1 Å². The molecule has 4 heteroatoms. The van der Waals surface area contributed by atoms with Crippen LogP contribution in [0.5, 0.6) is 0 Å². The average Bonchev–Trinajstić information content (AvgIpc) is 2.55. The van der Waals surface area contributed by atoms with Gasteiger partial charge in [0.05, 0.1) is 18.7 Å². The van der Waals surface area contributed by atoms with Crippen LogP contribution in [0, 0.1) is 11.3 Å². The summed E-state index contributed by atoms with van der Waals surface area (Å²) in [5.41, 5.74) is 9.44. The molecule has 2 aromatic carbocycles. The van der Waals surface area contributed by atoms with E-state index in [1.54, 1.807) is 12.1 Å². The molecule has 0 amide bonds. The number of esters is 1. The van der Waals surface area contributed by atoms with Crippen LogP contribution in [0.3, 0.4) is 0 Å². The second-order valence-corrected chi connectivity index (χ2v) is 4.72. The Balaban J connectivity index is 2.11. The van der Waals surface area contributed by atoms with Crippen molar-refractivity contribution in [2.45, 2.75) is 12.5 Å². The van der Waals surface area contributed by atoms with Crippen LogP contribution in [0.15, 0.2) is 48.5 Å². The number of benzene rings is 2. The zero-order valence-electron chi connectivity index (χ0n) is 11.7. The van der Waals surface area contributed by atoms with Gasteiger partial charge in [-0.1, -0.05) is 36.4 Å². The van der Waals surface area contributed by atoms with Gasteiger partial charge in [-0.25, -0.2) is 0 Å². The number of ether oxygens (including phenoxy) is 1. The fourth-order valence-electron chi connectivity index (χ4n) is 2.06. The van der Waals surface area contributed by atoms with Crippen molar-refractivity contribution in [2.75, 3.05) is 7.11 Å². The molecule has 0 radical (unpaired) electrons. The first-order valence-electron chi connectivity index (χ1n) is 6.57. The molecule has 2 rings (SSSR count). The van der Waals surface area contributed by atoms with Crippen molar-refractivity contribution in [3.63, 3.8) is 0 Å². The third-order valence-electron chi connectivity index (χ3n) is 3.26. The molecule has 0 aliphatic rings. The number of hydrogen-bond donors (Lipinski definition) is 1. The number of carbonyl (C=O) groups is 1. The van der Waals surface area contributed by atoms with Gasteiger partial charge in [-0.2, -0.15) is 5.26 Å². The summed E-state index contributed by atoms with van der Waals surface area (Å²) in [6.45, 7) is 0. The Morgan fingerprint density at radius 2 is 1.67 bits per heavy atom. The summed E-state index contributed by atoms with van der Waals surface area (Å²) in [6, 6.07) is 16.7. The third kappa shape index (κ3) is 3.68. The van der Waals surface area contributed by atoms with E-state index < -0.39 is 12.0 Å². The summed E-state index contributed by atoms with van der Waals surface area (Å²) in [7, 11) is 1.33. The number of carbonyl (C=O) groups excluding carboxylic acids is 1. The Hall–Kier alpha value is -2.64. The van der Waals surface area contributed by atoms with E-state index in [0.29, 0.717) is 12.0 Å². The molecule has 2 N–H and O–H groups in total. The lowest BCUT2D eigenvalue weighted by molar-refractivity contribution is -0.142. The Bertz CT molecular complexity index is 655. The predicted octanol–water partition coefficient (Wildman–Crippen LogP) is 2.27. The van der Waals surface area contributed by atoms with Crippen LogP contribution in [0.4, 0.5) is 0 Å². The lowest BCUT2D eigenvalue weighted by atomic mass is 10.0. The van der Waals surface area contributed by atoms with Crippen LogP contribution < -0.4 is 5.73 Å². The molecular weight excluding hydrogens is 264 g/mol. The normalized spacial score (nSPS) is 11.5. The number of nitrogens with zero attached hydrogens (tertiary/aromatic N) is 1. The number of nitrogens with two attached hydrogens (primary N) is 1. The molecule has 0 aliphatic carbocycles. The van der Waals surface area contributed by atoms with Gasteiger partial charge in [-0.05, 0) is 35.2 Å². The lowest BCUT2D eigenvalue weighted by Crippen LogP contribution is -2.33. The largest absolute Gasteiger partial charge is 0.468 e. The molecule has 1 unspecified atom stereocenters. The third-order valence-corrected chi connectivity index (χ3v) is 3.26. The Labute approximate surface area is 123 Å². The van der Waals surface area contributed by atoms with Crippen LogP contribution in [0.25, 0.3) is 11.1 Å². The molecule has 0 fully saturated rings. The first-order valence-corrected chi connectivity index (χ1v) is 6.57. The van der Waals surface area contributed by atoms with E-state index in [4.69, 9.17) is 11.0 Å². The molecule has 1 atom stereocenters. The van der Waals surface area contributed by atoms with Crippen molar-refractivity contribution in [3.05, 3.63) is 59.7 Å². The number of methoxy groups -OCH3 is 1. The second-order valence-electron chi connectivity index (χ2n) is 4.72. The summed E-state index contributed by atoms with van der Waals surface area (Å²) in [5, 5.41) is 8.78. The van der Waals surface area contributed by atoms with Crippen molar-refractivity contribution < 1.29 is 9.53 Å². The molecule has 0 bridgehead atoms. The van der Waals surface area contributed by atoms with Gasteiger partial charge >= 0.3 is 5.97 Å². The van der Waals surface area contributed by atoms with E-state index in [0.717, 1.165) is 16.7 Å². The molecule has 2 aromatic rings. The van der Waals surface area contributed by atoms with E-state index in [9.17, 15) is 4.79 Å². The smallest absolute Gasteiger partial charge is 0.322 e. The maximum Gasteiger partial charge on any atom is 0.322 e. The molecule has 0 spiro atoms. The SMILES string of the molecule is COC(=O)C(N)Cc1ccc(-c2ccc(C#N)cc2)cc1. The standard InChI is InChI=1S/C17H16N2O2/c1-21-17(20)16(19)10-12-2-6-14(7-3-12)15-8-4-13(11-18)5-9-15/h2-9,16H,10,19H2,1H3. The summed E-state index contributed by atoms with van der Waals surface area (Å²) >= 11 is 0. The Morgan fingerprint density at radius 1 is 1.14 bits per heavy atom. The summed E-state index contributed by atoms with van der Waals surface area (Å²) in [4.78, 5) is 11.3. The zero-order valence-corrected chi connectivity index (χ0v) is 11.7. The molecule has 0 saturated carbocycles. The zero-order chi connectivity index (χ0) is 15.2. The van der Waals surface area contributed by atoms with Gasteiger partial charge in [0.2, 0.25) is 0 Å². The van der Waals surface area contributed by atoms with Crippen molar-refractivity contribution >= 4 is 5.97 Å². The minimum absolute atomic E-state index is 0.411. The molecule has 21 heavy (non-hydrogen) atoms. The molecular formula is C17H16N2O2. The van der Waals surface area contributed by atoms with Crippen molar-refractivity contribution in [3.8, 4) is 17.2 Å². The lowest BCUT2D eigenvalue weighted by Gasteiger charge is -2.10. The number of hydrogen-bond acceptors (Lipinski definition) is 4. The molecule has 0 saturated heterocycles. The van der Waals surface area contributed by atoms with E-state index in [-0.39, 0.29) is 0 Å². The number of rotatable bonds is 4. The van der Waals surface area contributed by atoms with Crippen LogP contribution in [0.1, 0.15) is 11.1 Å². The summed E-state index contributed by atoms with van der Waals surface area (Å²) in [6.07, 6.45) is 0.445. The van der Waals surface area contributed by atoms with Gasteiger partial charge in [0, 0.05) is 0 Å². The highest BCUT2D eigenvalue weighted by atomic mass is 16.5. The average molecular weight is 280 g/mol. The van der Waals surface area contributed by atoms with Crippen LogP contribution in [0.2, 0.25) is 0 Å². The van der Waals surface area contributed by atoms with Gasteiger partial charge in [0.25, 0.3) is 0 Å². The quantitative estimate of drug-likeness (QED) is 0.872. The maximum atomic E-state index is 11.3. The van der Waals surface area contributed by atoms with Gasteiger partial charge in [-0.3, -0.25) is 4.79 Å². The second kappa shape index (κ2) is 6.69. The molecule has 0 heterocycles. The first-order chi connectivity index (χ1) is 10.1. The maximum absolute atomic E-state index is 11.3. The number of nitriles is 1. The van der Waals surface area contributed by atoms with Crippen molar-refractivity contribution in [1.29, 1.82) is 5.26 Å². The summed E-state index contributed by atoms with van der Waals surface area (Å²) in [5.74, 6) is -0.411. The minimum atomic E-state index is -0.643. The van der Waals surface area contributed by atoms with Crippen molar-refractivity contribution in [1.82, 2.24) is 0 Å².